The van der Waals surface area contributed by atoms with E-state index in [0.29, 0.717) is 11.5 Å². The number of rotatable bonds is 10. The highest BCUT2D eigenvalue weighted by molar-refractivity contribution is 7.80. The molecule has 1 unspecified atom stereocenters. The summed E-state index contributed by atoms with van der Waals surface area (Å²) in [6.07, 6.45) is 14.9. The Morgan fingerprint density at radius 1 is 0.542 bits per heavy atom. The van der Waals surface area contributed by atoms with Gasteiger partial charge in [0.25, 0.3) is 0 Å². The predicted molar refractivity (Wildman–Crippen MR) is 251 cm³/mol. The summed E-state index contributed by atoms with van der Waals surface area (Å²) in [6, 6.07) is 61.3. The van der Waals surface area contributed by atoms with E-state index in [1.165, 1.54) is 39.0 Å². The zero-order valence-electron chi connectivity index (χ0n) is 32.6. The molecule has 1 atom stereocenters. The van der Waals surface area contributed by atoms with Crippen molar-refractivity contribution < 1.29 is 0 Å². The molecule has 0 aromatic heterocycles. The lowest BCUT2D eigenvalue weighted by molar-refractivity contribution is 0.775. The molecule has 2 N–H and O–H groups in total. The van der Waals surface area contributed by atoms with Crippen LogP contribution in [-0.2, 0) is 0 Å². The van der Waals surface area contributed by atoms with Crippen molar-refractivity contribution in [1.29, 1.82) is 5.26 Å². The zero-order chi connectivity index (χ0) is 40.0. The standard InChI is InChI=1S/C55H43N3S/c56-37-38-12-8-21-49(32-38)58-53-24-6-4-22-50(53)45-16-9-13-41(33-45)39-26-28-40(29-27-39)42-14-10-18-47(34-42)52-36-44(30-31-54(52)57-48-19-2-1-3-20-48)43-15-11-17-46(35-43)51-23-5-7-25-55(51)59/h1-9,11-17,19-28,30-36,40,57-59H,10,18,29H2. The summed E-state index contributed by atoms with van der Waals surface area (Å²) in [5.41, 5.74) is 18.0. The highest BCUT2D eigenvalue weighted by atomic mass is 32.1. The second-order valence-corrected chi connectivity index (χ2v) is 15.5. The van der Waals surface area contributed by atoms with Crippen molar-refractivity contribution in [1.82, 2.24) is 0 Å². The molecule has 0 bridgehead atoms. The van der Waals surface area contributed by atoms with Gasteiger partial charge in [0.15, 0.2) is 0 Å². The summed E-state index contributed by atoms with van der Waals surface area (Å²) < 4.78 is 0. The molecule has 59 heavy (non-hydrogen) atoms. The van der Waals surface area contributed by atoms with Crippen LogP contribution in [0.1, 0.15) is 36.0 Å². The number of para-hydroxylation sites is 2. The van der Waals surface area contributed by atoms with E-state index in [1.54, 1.807) is 0 Å². The van der Waals surface area contributed by atoms with Crippen LogP contribution in [0.2, 0.25) is 0 Å². The molecule has 0 fully saturated rings. The Labute approximate surface area is 352 Å². The van der Waals surface area contributed by atoms with Gasteiger partial charge in [0, 0.05) is 44.7 Å². The second-order valence-electron chi connectivity index (χ2n) is 15.1. The average molecular weight is 778 g/mol. The van der Waals surface area contributed by atoms with Crippen molar-refractivity contribution in [3.8, 4) is 39.4 Å². The smallest absolute Gasteiger partial charge is 0.0992 e. The summed E-state index contributed by atoms with van der Waals surface area (Å²) in [5.74, 6) is 0.304. The number of nitriles is 1. The molecule has 0 aliphatic heterocycles. The minimum absolute atomic E-state index is 0.304. The molecule has 3 nitrogen and oxygen atoms in total. The van der Waals surface area contributed by atoms with Gasteiger partial charge in [-0.25, -0.2) is 0 Å². The largest absolute Gasteiger partial charge is 0.355 e. The van der Waals surface area contributed by atoms with Gasteiger partial charge in [0.1, 0.15) is 0 Å². The van der Waals surface area contributed by atoms with Gasteiger partial charge in [-0.15, -0.1) is 12.6 Å². The highest BCUT2D eigenvalue weighted by Crippen LogP contribution is 2.41. The highest BCUT2D eigenvalue weighted by Gasteiger charge is 2.20. The average Bonchev–Trinajstić information content (AvgIpc) is 3.30. The van der Waals surface area contributed by atoms with Crippen molar-refractivity contribution in [3.63, 3.8) is 0 Å². The van der Waals surface area contributed by atoms with Crippen molar-refractivity contribution in [2.24, 2.45) is 5.92 Å². The van der Waals surface area contributed by atoms with Crippen LogP contribution in [0.5, 0.6) is 0 Å². The maximum absolute atomic E-state index is 9.41. The Morgan fingerprint density at radius 2 is 1.20 bits per heavy atom. The fourth-order valence-electron chi connectivity index (χ4n) is 8.17. The van der Waals surface area contributed by atoms with Gasteiger partial charge >= 0.3 is 0 Å². The van der Waals surface area contributed by atoms with Crippen LogP contribution in [0, 0.1) is 17.2 Å². The molecular weight excluding hydrogens is 735 g/mol. The molecule has 2 aliphatic rings. The van der Waals surface area contributed by atoms with Crippen molar-refractivity contribution in [3.05, 3.63) is 223 Å². The van der Waals surface area contributed by atoms with Crippen LogP contribution < -0.4 is 10.6 Å². The van der Waals surface area contributed by atoms with Crippen LogP contribution >= 0.6 is 12.6 Å². The van der Waals surface area contributed by atoms with E-state index in [9.17, 15) is 5.26 Å². The Bertz CT molecular complexity index is 2840. The maximum atomic E-state index is 9.41. The van der Waals surface area contributed by atoms with E-state index >= 15 is 0 Å². The van der Waals surface area contributed by atoms with Crippen LogP contribution in [0.25, 0.3) is 44.5 Å². The predicted octanol–water partition coefficient (Wildman–Crippen LogP) is 15.1. The molecule has 0 heterocycles. The Balaban J connectivity index is 0.976. The number of allylic oxidation sites excluding steroid dienone is 8. The lowest BCUT2D eigenvalue weighted by atomic mass is 9.82. The maximum Gasteiger partial charge on any atom is 0.0992 e. The number of anilines is 4. The zero-order valence-corrected chi connectivity index (χ0v) is 33.5. The number of nitrogens with one attached hydrogen (secondary N) is 2. The quantitative estimate of drug-likeness (QED) is 0.121. The second kappa shape index (κ2) is 17.2. The molecule has 0 radical (unpaired) electrons. The van der Waals surface area contributed by atoms with Gasteiger partial charge in [-0.05, 0) is 136 Å². The van der Waals surface area contributed by atoms with Crippen molar-refractivity contribution in [2.45, 2.75) is 24.2 Å². The third-order valence-corrected chi connectivity index (χ3v) is 11.6. The summed E-state index contributed by atoms with van der Waals surface area (Å²) in [7, 11) is 0. The molecule has 2 aliphatic carbocycles. The minimum atomic E-state index is 0.304. The number of hydrogen-bond acceptors (Lipinski definition) is 4. The van der Waals surface area contributed by atoms with Gasteiger partial charge in [-0.2, -0.15) is 5.26 Å². The van der Waals surface area contributed by atoms with E-state index < -0.39 is 0 Å². The first-order valence-electron chi connectivity index (χ1n) is 20.2. The molecule has 0 amide bonds. The SMILES string of the molecule is N#Cc1cccc(Nc2ccccc2-c2cccc(C3=CCC(C4=CCCC(c5cc(-c6cccc(-c7ccccc7S)c6)ccc5Nc5ccccc5)=C4)C=C3)c2)c1. The number of nitrogens with zero attached hydrogens (tertiary/aromatic N) is 1. The lowest BCUT2D eigenvalue weighted by Crippen LogP contribution is -2.06. The number of benzene rings is 7. The Morgan fingerprint density at radius 3 is 2.02 bits per heavy atom. The molecule has 9 rings (SSSR count). The summed E-state index contributed by atoms with van der Waals surface area (Å²) in [5, 5.41) is 16.7. The fourth-order valence-corrected chi connectivity index (χ4v) is 8.46. The van der Waals surface area contributed by atoms with E-state index in [-0.39, 0.29) is 0 Å². The van der Waals surface area contributed by atoms with E-state index in [2.05, 4.69) is 174 Å². The first kappa shape index (κ1) is 37.5. The summed E-state index contributed by atoms with van der Waals surface area (Å²) in [6.45, 7) is 0. The lowest BCUT2D eigenvalue weighted by Gasteiger charge is -2.24. The van der Waals surface area contributed by atoms with Crippen LogP contribution in [0.4, 0.5) is 22.7 Å². The Kier molecular flexibility index (Phi) is 10.9. The molecule has 7 aromatic carbocycles. The number of thiol groups is 1. The topological polar surface area (TPSA) is 47.9 Å². The molecule has 284 valence electrons. The normalized spacial score (nSPS) is 14.7. The van der Waals surface area contributed by atoms with Crippen LogP contribution in [0.3, 0.4) is 0 Å². The minimum Gasteiger partial charge on any atom is -0.355 e. The van der Waals surface area contributed by atoms with Gasteiger partial charge in [-0.3, -0.25) is 0 Å². The van der Waals surface area contributed by atoms with Crippen LogP contribution in [-0.4, -0.2) is 0 Å². The van der Waals surface area contributed by atoms with Crippen LogP contribution in [0.15, 0.2) is 211 Å². The molecule has 7 aromatic rings. The van der Waals surface area contributed by atoms with Gasteiger partial charge in [-0.1, -0.05) is 134 Å². The molecule has 0 spiro atoms. The fraction of sp³-hybridized carbons (Fsp3) is 0.0727. The Hall–Kier alpha value is -7.06. The summed E-state index contributed by atoms with van der Waals surface area (Å²) in [4.78, 5) is 0.974. The molecule has 0 saturated carbocycles. The molecule has 4 heteroatoms. The first-order valence-corrected chi connectivity index (χ1v) is 20.6. The van der Waals surface area contributed by atoms with Gasteiger partial charge < -0.3 is 10.6 Å². The van der Waals surface area contributed by atoms with E-state index in [0.717, 1.165) is 69.2 Å². The first-order chi connectivity index (χ1) is 29.1. The molecular formula is C55H43N3S. The van der Waals surface area contributed by atoms with Gasteiger partial charge in [0.05, 0.1) is 11.6 Å². The van der Waals surface area contributed by atoms with E-state index in [4.69, 9.17) is 12.6 Å². The third-order valence-electron chi connectivity index (χ3n) is 11.2. The molecule has 0 saturated heterocycles. The van der Waals surface area contributed by atoms with E-state index in [1.807, 2.05) is 42.5 Å². The monoisotopic (exact) mass is 777 g/mol. The van der Waals surface area contributed by atoms with Crippen molar-refractivity contribution in [2.75, 3.05) is 10.6 Å². The third kappa shape index (κ3) is 8.48. The van der Waals surface area contributed by atoms with Crippen molar-refractivity contribution >= 4 is 46.5 Å². The summed E-state index contributed by atoms with van der Waals surface area (Å²) >= 11 is 4.75. The number of hydrogen-bond donors (Lipinski definition) is 3. The van der Waals surface area contributed by atoms with Gasteiger partial charge in [0.2, 0.25) is 0 Å².